The Bertz CT molecular complexity index is 593. The number of furan rings is 1. The monoisotopic (exact) mass is 308 g/mol. The number of carbonyl (C=O) groups excluding carboxylic acids is 1. The molecule has 1 aromatic heterocycles. The summed E-state index contributed by atoms with van der Waals surface area (Å²) in [6, 6.07) is 9.66. The average Bonchev–Trinajstić information content (AvgIpc) is 2.76. The van der Waals surface area contributed by atoms with Crippen molar-refractivity contribution in [2.24, 2.45) is 5.10 Å². The molecule has 0 saturated carbocycles. The van der Waals surface area contributed by atoms with Crippen LogP contribution in [0.2, 0.25) is 0 Å². The first kappa shape index (κ1) is 12.4. The number of amides is 1. The maximum atomic E-state index is 11.5. The van der Waals surface area contributed by atoms with E-state index in [1.54, 1.807) is 24.3 Å². The van der Waals surface area contributed by atoms with Crippen LogP contribution in [-0.4, -0.2) is 17.2 Å². The lowest BCUT2D eigenvalue weighted by Gasteiger charge is -1.96. The quantitative estimate of drug-likeness (QED) is 0.676. The Hall–Kier alpha value is -2.08. The van der Waals surface area contributed by atoms with Crippen molar-refractivity contribution in [1.82, 2.24) is 5.43 Å². The highest BCUT2D eigenvalue weighted by Gasteiger charge is 2.08. The van der Waals surface area contributed by atoms with E-state index in [0.29, 0.717) is 10.2 Å². The second-order valence-electron chi connectivity index (χ2n) is 3.40. The van der Waals surface area contributed by atoms with Crippen LogP contribution in [0.5, 0.6) is 5.75 Å². The Kier molecular flexibility index (Phi) is 3.78. The highest BCUT2D eigenvalue weighted by atomic mass is 79.9. The lowest BCUT2D eigenvalue weighted by molar-refractivity contribution is 0.0926. The normalized spacial score (nSPS) is 10.7. The summed E-state index contributed by atoms with van der Waals surface area (Å²) in [4.78, 5) is 11.5. The predicted molar refractivity (Wildman–Crippen MR) is 69.6 cm³/mol. The Morgan fingerprint density at radius 2 is 2.22 bits per heavy atom. The van der Waals surface area contributed by atoms with Crippen molar-refractivity contribution in [2.75, 3.05) is 0 Å². The summed E-state index contributed by atoms with van der Waals surface area (Å²) in [7, 11) is 0. The zero-order valence-electron chi connectivity index (χ0n) is 9.13. The molecule has 0 fully saturated rings. The van der Waals surface area contributed by atoms with Gasteiger partial charge in [-0.2, -0.15) is 5.10 Å². The van der Waals surface area contributed by atoms with Gasteiger partial charge in [0, 0.05) is 0 Å². The summed E-state index contributed by atoms with van der Waals surface area (Å²) in [6.45, 7) is 0. The second-order valence-corrected chi connectivity index (χ2v) is 4.18. The van der Waals surface area contributed by atoms with E-state index in [1.165, 1.54) is 18.3 Å². The summed E-state index contributed by atoms with van der Waals surface area (Å²) in [5.74, 6) is -0.146. The molecule has 0 atom stereocenters. The number of hydrogen-bond donors (Lipinski definition) is 2. The first-order chi connectivity index (χ1) is 8.65. The van der Waals surface area contributed by atoms with Gasteiger partial charge in [0.1, 0.15) is 5.75 Å². The molecular formula is C12H9BrN2O3. The minimum absolute atomic E-state index is 0.139. The molecule has 1 heterocycles. The van der Waals surface area contributed by atoms with E-state index in [0.717, 1.165) is 0 Å². The van der Waals surface area contributed by atoms with Gasteiger partial charge < -0.3 is 9.52 Å². The molecule has 92 valence electrons. The molecule has 1 amide bonds. The van der Waals surface area contributed by atoms with Crippen molar-refractivity contribution in [3.63, 3.8) is 0 Å². The van der Waals surface area contributed by atoms with Crippen LogP contribution in [0.15, 0.2) is 50.6 Å². The third kappa shape index (κ3) is 3.21. The van der Waals surface area contributed by atoms with E-state index in [9.17, 15) is 9.90 Å². The number of nitrogens with zero attached hydrogens (tertiary/aromatic N) is 1. The maximum absolute atomic E-state index is 11.5. The Morgan fingerprint density at radius 1 is 1.39 bits per heavy atom. The zero-order chi connectivity index (χ0) is 13.0. The maximum Gasteiger partial charge on any atom is 0.307 e. The topological polar surface area (TPSA) is 74.8 Å². The first-order valence-electron chi connectivity index (χ1n) is 5.03. The van der Waals surface area contributed by atoms with Crippen LogP contribution in [0, 0.1) is 0 Å². The van der Waals surface area contributed by atoms with Crippen LogP contribution in [-0.2, 0) is 0 Å². The number of aromatic hydroxyl groups is 1. The predicted octanol–water partition coefficient (Wildman–Crippen LogP) is 2.51. The molecule has 0 spiro atoms. The van der Waals surface area contributed by atoms with E-state index >= 15 is 0 Å². The Balaban J connectivity index is 1.97. The summed E-state index contributed by atoms with van der Waals surface area (Å²) in [5, 5.41) is 13.0. The Morgan fingerprint density at radius 3 is 2.89 bits per heavy atom. The molecule has 0 saturated heterocycles. The fourth-order valence-electron chi connectivity index (χ4n) is 1.26. The van der Waals surface area contributed by atoms with Crippen molar-refractivity contribution in [2.45, 2.75) is 0 Å². The van der Waals surface area contributed by atoms with Crippen LogP contribution in [0.3, 0.4) is 0 Å². The van der Waals surface area contributed by atoms with E-state index in [2.05, 4.69) is 26.5 Å². The van der Waals surface area contributed by atoms with Crippen molar-refractivity contribution in [1.29, 1.82) is 0 Å². The van der Waals surface area contributed by atoms with Crippen molar-refractivity contribution in [3.8, 4) is 5.75 Å². The molecule has 2 rings (SSSR count). The van der Waals surface area contributed by atoms with E-state index < -0.39 is 5.91 Å². The summed E-state index contributed by atoms with van der Waals surface area (Å²) in [5.41, 5.74) is 2.99. The van der Waals surface area contributed by atoms with Crippen molar-refractivity contribution < 1.29 is 14.3 Å². The molecule has 6 heteroatoms. The molecule has 18 heavy (non-hydrogen) atoms. The van der Waals surface area contributed by atoms with Gasteiger partial charge >= 0.3 is 5.91 Å². The van der Waals surface area contributed by atoms with E-state index in [-0.39, 0.29) is 11.5 Å². The van der Waals surface area contributed by atoms with Crippen LogP contribution in [0.4, 0.5) is 0 Å². The Labute approximate surface area is 111 Å². The number of carbonyl (C=O) groups is 1. The lowest BCUT2D eigenvalue weighted by Crippen LogP contribution is -2.16. The average molecular weight is 309 g/mol. The van der Waals surface area contributed by atoms with Gasteiger partial charge in [-0.15, -0.1) is 0 Å². The number of nitrogens with one attached hydrogen (secondary N) is 1. The zero-order valence-corrected chi connectivity index (χ0v) is 10.7. The molecule has 0 unspecified atom stereocenters. The van der Waals surface area contributed by atoms with Gasteiger partial charge in [-0.25, -0.2) is 5.43 Å². The summed E-state index contributed by atoms with van der Waals surface area (Å²) >= 11 is 3.10. The van der Waals surface area contributed by atoms with Gasteiger partial charge in [0.05, 0.1) is 6.21 Å². The van der Waals surface area contributed by atoms with Gasteiger partial charge in [-0.05, 0) is 45.8 Å². The molecule has 2 aromatic rings. The number of benzene rings is 1. The first-order valence-corrected chi connectivity index (χ1v) is 5.82. The van der Waals surface area contributed by atoms with Gasteiger partial charge in [0.25, 0.3) is 0 Å². The standard InChI is InChI=1S/C12H9BrN2O3/c13-11-5-4-10(18-11)12(17)15-14-7-8-2-1-3-9(16)6-8/h1-7,16H,(H,15,17)/b14-7-. The van der Waals surface area contributed by atoms with Crippen LogP contribution < -0.4 is 5.43 Å². The van der Waals surface area contributed by atoms with Crippen LogP contribution in [0.25, 0.3) is 0 Å². The summed E-state index contributed by atoms with van der Waals surface area (Å²) < 4.78 is 5.53. The number of hydrazone groups is 1. The number of halogens is 1. The van der Waals surface area contributed by atoms with Gasteiger partial charge in [0.15, 0.2) is 10.4 Å². The third-order valence-corrected chi connectivity index (χ3v) is 2.47. The molecule has 0 bridgehead atoms. The minimum atomic E-state index is -0.447. The smallest absolute Gasteiger partial charge is 0.307 e. The molecule has 5 nitrogen and oxygen atoms in total. The molecular weight excluding hydrogens is 300 g/mol. The van der Waals surface area contributed by atoms with E-state index in [4.69, 9.17) is 4.42 Å². The van der Waals surface area contributed by atoms with Crippen LogP contribution >= 0.6 is 15.9 Å². The van der Waals surface area contributed by atoms with Crippen molar-refractivity contribution >= 4 is 28.1 Å². The van der Waals surface area contributed by atoms with Gasteiger partial charge in [-0.3, -0.25) is 4.79 Å². The third-order valence-electron chi connectivity index (χ3n) is 2.05. The molecule has 1 aromatic carbocycles. The fraction of sp³-hybridized carbons (Fsp3) is 0. The van der Waals surface area contributed by atoms with E-state index in [1.807, 2.05) is 0 Å². The minimum Gasteiger partial charge on any atom is -0.508 e. The molecule has 0 aliphatic rings. The van der Waals surface area contributed by atoms with Crippen LogP contribution in [0.1, 0.15) is 16.1 Å². The highest BCUT2D eigenvalue weighted by molar-refractivity contribution is 9.10. The van der Waals surface area contributed by atoms with Gasteiger partial charge in [0.2, 0.25) is 0 Å². The summed E-state index contributed by atoms with van der Waals surface area (Å²) in [6.07, 6.45) is 1.43. The largest absolute Gasteiger partial charge is 0.508 e. The molecule has 0 aliphatic carbocycles. The SMILES string of the molecule is O=C(N/N=C\c1cccc(O)c1)c1ccc(Br)o1. The molecule has 0 aliphatic heterocycles. The second kappa shape index (κ2) is 5.50. The number of phenols is 1. The molecule has 0 radical (unpaired) electrons. The van der Waals surface area contributed by atoms with Crippen molar-refractivity contribution in [3.05, 3.63) is 52.4 Å². The number of hydrogen-bond acceptors (Lipinski definition) is 4. The number of rotatable bonds is 3. The highest BCUT2D eigenvalue weighted by Crippen LogP contribution is 2.13. The lowest BCUT2D eigenvalue weighted by atomic mass is 10.2. The number of phenolic OH excluding ortho intramolecular Hbond substituents is 1. The van der Waals surface area contributed by atoms with Gasteiger partial charge in [-0.1, -0.05) is 12.1 Å². The molecule has 2 N–H and O–H groups in total. The fourth-order valence-corrected chi connectivity index (χ4v) is 1.57.